The summed E-state index contributed by atoms with van der Waals surface area (Å²) in [6.07, 6.45) is 14.4. The molecule has 1 aromatic rings. The summed E-state index contributed by atoms with van der Waals surface area (Å²) in [5, 5.41) is 0. The molecule has 2 saturated carbocycles. The van der Waals surface area contributed by atoms with Gasteiger partial charge >= 0.3 is 0 Å². The number of pyridine rings is 1. The number of hydrogen-bond acceptors (Lipinski definition) is 3. The van der Waals surface area contributed by atoms with Crippen molar-refractivity contribution in [2.24, 2.45) is 23.2 Å². The molecule has 138 valence electrons. The van der Waals surface area contributed by atoms with Crippen molar-refractivity contribution in [1.82, 2.24) is 14.8 Å². The van der Waals surface area contributed by atoms with Crippen LogP contribution in [-0.2, 0) is 11.3 Å². The number of piperidine rings is 1. The monoisotopic (exact) mass is 351 g/mol. The first kappa shape index (κ1) is 16.5. The summed E-state index contributed by atoms with van der Waals surface area (Å²) in [6.45, 7) is 2.88. The molecular weight excluding hydrogens is 322 g/mol. The molecule has 0 radical (unpaired) electrons. The van der Waals surface area contributed by atoms with E-state index >= 15 is 0 Å². The molecule has 4 nitrogen and oxygen atoms in total. The first-order valence-electron chi connectivity index (χ1n) is 10.2. The summed E-state index contributed by atoms with van der Waals surface area (Å²) in [5.74, 6) is 1.79. The third-order valence-corrected chi connectivity index (χ3v) is 7.53. The average Bonchev–Trinajstić information content (AvgIpc) is 3.34. The number of likely N-dealkylation sites (tertiary alicyclic amines) is 1. The minimum atomic E-state index is 0.212. The predicted molar refractivity (Wildman–Crippen MR) is 101 cm³/mol. The van der Waals surface area contributed by atoms with Crippen molar-refractivity contribution in [3.8, 4) is 0 Å². The van der Waals surface area contributed by atoms with Gasteiger partial charge in [0.05, 0.1) is 0 Å². The summed E-state index contributed by atoms with van der Waals surface area (Å²) in [7, 11) is 2.18. The molecule has 0 N–H and O–H groups in total. The largest absolute Gasteiger partial charge is 0.335 e. The Kier molecular flexibility index (Phi) is 3.93. The first-order valence-corrected chi connectivity index (χ1v) is 10.2. The summed E-state index contributed by atoms with van der Waals surface area (Å²) >= 11 is 0. The second kappa shape index (κ2) is 6.19. The maximum Gasteiger partial charge on any atom is 0.226 e. The molecule has 1 aliphatic heterocycles. The van der Waals surface area contributed by atoms with Gasteiger partial charge in [-0.05, 0) is 81.1 Å². The lowest BCUT2D eigenvalue weighted by atomic mass is 9.87. The quantitative estimate of drug-likeness (QED) is 0.782. The smallest absolute Gasteiger partial charge is 0.226 e. The molecule has 0 aromatic carbocycles. The molecule has 3 unspecified atom stereocenters. The molecule has 3 aliphatic carbocycles. The van der Waals surface area contributed by atoms with Gasteiger partial charge in [-0.1, -0.05) is 18.2 Å². The Morgan fingerprint density at radius 3 is 2.77 bits per heavy atom. The number of carbonyl (C=O) groups excluding carboxylic acids is 1. The summed E-state index contributed by atoms with van der Waals surface area (Å²) < 4.78 is 0. The van der Waals surface area contributed by atoms with Crippen LogP contribution in [0.25, 0.3) is 0 Å². The van der Waals surface area contributed by atoms with Crippen LogP contribution in [0.15, 0.2) is 36.7 Å². The fourth-order valence-corrected chi connectivity index (χ4v) is 5.85. The Hall–Kier alpha value is -1.68. The third-order valence-electron chi connectivity index (χ3n) is 7.53. The second-order valence-corrected chi connectivity index (χ2v) is 8.95. The van der Waals surface area contributed by atoms with Crippen LogP contribution in [0, 0.1) is 23.2 Å². The summed E-state index contributed by atoms with van der Waals surface area (Å²) in [6, 6.07) is 4.45. The van der Waals surface area contributed by atoms with Gasteiger partial charge < -0.3 is 9.80 Å². The van der Waals surface area contributed by atoms with Crippen LogP contribution in [0.1, 0.15) is 37.7 Å². The molecule has 3 fully saturated rings. The molecule has 2 heterocycles. The van der Waals surface area contributed by atoms with E-state index in [-0.39, 0.29) is 5.92 Å². The van der Waals surface area contributed by atoms with E-state index in [2.05, 4.69) is 40.0 Å². The minimum absolute atomic E-state index is 0.212. The maximum atomic E-state index is 13.7. The average molecular weight is 351 g/mol. The predicted octanol–water partition coefficient (Wildman–Crippen LogP) is 3.11. The van der Waals surface area contributed by atoms with Crippen molar-refractivity contribution in [2.75, 3.05) is 20.1 Å². The van der Waals surface area contributed by atoms with Crippen LogP contribution >= 0.6 is 0 Å². The number of hydrogen-bond donors (Lipinski definition) is 0. The molecule has 4 heteroatoms. The maximum absolute atomic E-state index is 13.7. The van der Waals surface area contributed by atoms with Gasteiger partial charge in [0.1, 0.15) is 0 Å². The highest BCUT2D eigenvalue weighted by atomic mass is 16.2. The molecule has 4 aliphatic rings. The molecule has 5 rings (SSSR count). The molecule has 26 heavy (non-hydrogen) atoms. The molecule has 3 atom stereocenters. The number of aromatic nitrogens is 1. The van der Waals surface area contributed by atoms with Crippen LogP contribution in [-0.4, -0.2) is 46.9 Å². The Balaban J connectivity index is 1.38. The fourth-order valence-electron chi connectivity index (χ4n) is 5.85. The minimum Gasteiger partial charge on any atom is -0.335 e. The fraction of sp³-hybridized carbons (Fsp3) is 0.636. The zero-order valence-electron chi connectivity index (χ0n) is 15.7. The lowest BCUT2D eigenvalue weighted by Crippen LogP contribution is -2.48. The van der Waals surface area contributed by atoms with Crippen molar-refractivity contribution in [2.45, 2.75) is 44.7 Å². The molecule has 1 spiro atoms. The number of allylic oxidation sites excluding steroid dienone is 2. The number of carbonyl (C=O) groups is 1. The van der Waals surface area contributed by atoms with Gasteiger partial charge in [0.15, 0.2) is 0 Å². The molecule has 2 bridgehead atoms. The lowest BCUT2D eigenvalue weighted by molar-refractivity contribution is -0.140. The molecular formula is C22H29N3O. The summed E-state index contributed by atoms with van der Waals surface area (Å²) in [5.41, 5.74) is 1.63. The van der Waals surface area contributed by atoms with E-state index in [0.717, 1.165) is 37.9 Å². The Morgan fingerprint density at radius 2 is 2.12 bits per heavy atom. The van der Waals surface area contributed by atoms with Crippen LogP contribution in [0.3, 0.4) is 0 Å². The van der Waals surface area contributed by atoms with Crippen LogP contribution in [0.2, 0.25) is 0 Å². The number of rotatable bonds is 4. The van der Waals surface area contributed by atoms with Crippen LogP contribution < -0.4 is 0 Å². The number of amides is 1. The number of nitrogens with zero attached hydrogens (tertiary/aromatic N) is 3. The highest BCUT2D eigenvalue weighted by molar-refractivity contribution is 5.81. The second-order valence-electron chi connectivity index (χ2n) is 8.95. The van der Waals surface area contributed by atoms with Crippen molar-refractivity contribution < 1.29 is 4.79 Å². The third kappa shape index (κ3) is 2.61. The van der Waals surface area contributed by atoms with Gasteiger partial charge in [-0.3, -0.25) is 9.78 Å². The van der Waals surface area contributed by atoms with E-state index in [4.69, 9.17) is 0 Å². The highest BCUT2D eigenvalue weighted by Gasteiger charge is 2.64. The van der Waals surface area contributed by atoms with Crippen molar-refractivity contribution in [1.29, 1.82) is 0 Å². The highest BCUT2D eigenvalue weighted by Crippen LogP contribution is 2.70. The zero-order valence-corrected chi connectivity index (χ0v) is 15.7. The van der Waals surface area contributed by atoms with E-state index < -0.39 is 0 Å². The van der Waals surface area contributed by atoms with Gasteiger partial charge in [0, 0.05) is 30.9 Å². The van der Waals surface area contributed by atoms with E-state index in [0.29, 0.717) is 35.7 Å². The summed E-state index contributed by atoms with van der Waals surface area (Å²) in [4.78, 5) is 22.6. The van der Waals surface area contributed by atoms with Crippen molar-refractivity contribution >= 4 is 5.91 Å². The normalized spacial score (nSPS) is 32.3. The Morgan fingerprint density at radius 1 is 1.31 bits per heavy atom. The SMILES string of the molecule is CN1CCC(N(Cc2cccnc2)C(=O)C2CC3C=CC2C32CC2)CC1. The standard InChI is InChI=1S/C22H29N3O/c1-24-11-6-18(7-12-24)25(15-16-3-2-10-23-14-16)21(26)19-13-17-4-5-20(19)22(17)8-9-22/h2-5,10,14,17-20H,6-9,11-13,15H2,1H3. The van der Waals surface area contributed by atoms with E-state index in [1.165, 1.54) is 12.8 Å². The van der Waals surface area contributed by atoms with E-state index in [1.807, 2.05) is 18.5 Å². The van der Waals surface area contributed by atoms with Gasteiger partial charge in [0.2, 0.25) is 5.91 Å². The first-order chi connectivity index (χ1) is 12.7. The molecule has 1 aromatic heterocycles. The Labute approximate surface area is 156 Å². The van der Waals surface area contributed by atoms with E-state index in [9.17, 15) is 4.79 Å². The van der Waals surface area contributed by atoms with Gasteiger partial charge in [0.25, 0.3) is 0 Å². The van der Waals surface area contributed by atoms with Crippen LogP contribution in [0.5, 0.6) is 0 Å². The molecule has 1 saturated heterocycles. The molecule has 1 amide bonds. The topological polar surface area (TPSA) is 36.4 Å². The zero-order chi connectivity index (χ0) is 17.7. The van der Waals surface area contributed by atoms with E-state index in [1.54, 1.807) is 0 Å². The van der Waals surface area contributed by atoms with Crippen molar-refractivity contribution in [3.63, 3.8) is 0 Å². The Bertz CT molecular complexity index is 703. The van der Waals surface area contributed by atoms with Gasteiger partial charge in [-0.2, -0.15) is 0 Å². The lowest BCUT2D eigenvalue weighted by Gasteiger charge is -2.39. The van der Waals surface area contributed by atoms with Crippen molar-refractivity contribution in [3.05, 3.63) is 42.2 Å². The van der Waals surface area contributed by atoms with Crippen LogP contribution in [0.4, 0.5) is 0 Å². The van der Waals surface area contributed by atoms with Gasteiger partial charge in [-0.15, -0.1) is 0 Å². The van der Waals surface area contributed by atoms with Gasteiger partial charge in [-0.25, -0.2) is 0 Å².